The van der Waals surface area contributed by atoms with E-state index in [0.717, 1.165) is 11.1 Å². The minimum Gasteiger partial charge on any atom is -0.496 e. The van der Waals surface area contributed by atoms with Gasteiger partial charge >= 0.3 is 0 Å². The van der Waals surface area contributed by atoms with Crippen molar-refractivity contribution in [1.82, 2.24) is 4.90 Å². The Morgan fingerprint density at radius 2 is 1.75 bits per heavy atom. The van der Waals surface area contributed by atoms with Gasteiger partial charge < -0.3 is 25.2 Å². The molecule has 0 aliphatic carbocycles. The van der Waals surface area contributed by atoms with Crippen molar-refractivity contribution in [3.63, 3.8) is 0 Å². The average molecular weight is 407 g/mol. The number of amides is 1. The van der Waals surface area contributed by atoms with Crippen LogP contribution in [0.2, 0.25) is 0 Å². The first-order valence-corrected chi connectivity index (χ1v) is 8.99. The highest BCUT2D eigenvalue weighted by molar-refractivity contribution is 5.85. The van der Waals surface area contributed by atoms with Crippen molar-refractivity contribution in [2.24, 2.45) is 11.7 Å². The van der Waals surface area contributed by atoms with E-state index in [4.69, 9.17) is 15.2 Å². The maximum Gasteiger partial charge on any atom is 0.227 e. The highest BCUT2D eigenvalue weighted by Crippen LogP contribution is 2.40. The summed E-state index contributed by atoms with van der Waals surface area (Å²) in [6.07, 6.45) is -0.845. The molecule has 28 heavy (non-hydrogen) atoms. The Morgan fingerprint density at radius 3 is 2.36 bits per heavy atom. The highest BCUT2D eigenvalue weighted by atomic mass is 35.5. The van der Waals surface area contributed by atoms with Crippen molar-refractivity contribution in [3.05, 3.63) is 59.2 Å². The summed E-state index contributed by atoms with van der Waals surface area (Å²) < 4.78 is 10.8. The number of rotatable bonds is 5. The second kappa shape index (κ2) is 9.28. The number of nitrogens with two attached hydrogens (primary N) is 1. The standard InChI is InChI=1S/C21H26N2O4.ClH/c1-13(20(22)14-7-5-4-6-8-14)21(25)23-11-15-17(26-2)9-10-18(27-3)19(15)16(24)12-23;/h4-10,13,16,20,24H,11-12,22H2,1-3H3;1H. The molecule has 0 fully saturated rings. The van der Waals surface area contributed by atoms with Gasteiger partial charge in [0.05, 0.1) is 26.7 Å². The zero-order chi connectivity index (χ0) is 19.6. The van der Waals surface area contributed by atoms with Gasteiger partial charge in [0, 0.05) is 23.7 Å². The van der Waals surface area contributed by atoms with E-state index in [-0.39, 0.29) is 24.9 Å². The van der Waals surface area contributed by atoms with E-state index in [1.807, 2.05) is 37.3 Å². The quantitative estimate of drug-likeness (QED) is 0.797. The predicted octanol–water partition coefficient (Wildman–Crippen LogP) is 2.84. The Hall–Kier alpha value is -2.28. The Bertz CT molecular complexity index is 816. The van der Waals surface area contributed by atoms with E-state index in [2.05, 4.69) is 0 Å². The third-order valence-electron chi connectivity index (χ3n) is 5.21. The van der Waals surface area contributed by atoms with E-state index in [1.54, 1.807) is 31.3 Å². The molecule has 1 aliphatic heterocycles. The summed E-state index contributed by atoms with van der Waals surface area (Å²) in [5.74, 6) is 0.709. The number of ether oxygens (including phenoxy) is 2. The van der Waals surface area contributed by atoms with Crippen LogP contribution in [-0.2, 0) is 11.3 Å². The van der Waals surface area contributed by atoms with Gasteiger partial charge in [-0.3, -0.25) is 4.79 Å². The summed E-state index contributed by atoms with van der Waals surface area (Å²) >= 11 is 0. The van der Waals surface area contributed by atoms with Crippen molar-refractivity contribution in [1.29, 1.82) is 0 Å². The van der Waals surface area contributed by atoms with Crippen molar-refractivity contribution in [3.8, 4) is 11.5 Å². The molecule has 3 rings (SSSR count). The molecule has 7 heteroatoms. The lowest BCUT2D eigenvalue weighted by Gasteiger charge is -2.36. The fraction of sp³-hybridized carbons (Fsp3) is 0.381. The van der Waals surface area contributed by atoms with Gasteiger partial charge in [-0.05, 0) is 17.7 Å². The van der Waals surface area contributed by atoms with E-state index in [9.17, 15) is 9.90 Å². The number of aliphatic hydroxyl groups is 1. The minimum atomic E-state index is -0.845. The first kappa shape index (κ1) is 22.0. The Kier molecular flexibility index (Phi) is 7.29. The maximum absolute atomic E-state index is 13.1. The lowest BCUT2D eigenvalue weighted by atomic mass is 9.91. The number of aliphatic hydroxyl groups excluding tert-OH is 1. The summed E-state index contributed by atoms with van der Waals surface area (Å²) in [5, 5.41) is 10.7. The molecule has 0 saturated heterocycles. The van der Waals surface area contributed by atoms with Crippen LogP contribution in [0.25, 0.3) is 0 Å². The van der Waals surface area contributed by atoms with E-state index in [0.29, 0.717) is 23.6 Å². The van der Waals surface area contributed by atoms with Crippen LogP contribution < -0.4 is 15.2 Å². The molecule has 0 saturated carbocycles. The Morgan fingerprint density at radius 1 is 1.14 bits per heavy atom. The third kappa shape index (κ3) is 4.09. The second-order valence-electron chi connectivity index (χ2n) is 6.82. The van der Waals surface area contributed by atoms with Crippen LogP contribution in [0.1, 0.15) is 35.8 Å². The molecule has 1 aliphatic rings. The lowest BCUT2D eigenvalue weighted by Crippen LogP contribution is -2.43. The van der Waals surface area contributed by atoms with Crippen LogP contribution in [0, 0.1) is 5.92 Å². The molecule has 0 bridgehead atoms. The fourth-order valence-corrected chi connectivity index (χ4v) is 3.65. The smallest absolute Gasteiger partial charge is 0.227 e. The highest BCUT2D eigenvalue weighted by Gasteiger charge is 2.35. The molecule has 0 aromatic heterocycles. The third-order valence-corrected chi connectivity index (χ3v) is 5.21. The molecule has 2 aromatic carbocycles. The van der Waals surface area contributed by atoms with E-state index in [1.165, 1.54) is 0 Å². The lowest BCUT2D eigenvalue weighted by molar-refractivity contribution is -0.138. The Balaban J connectivity index is 0.00000280. The summed E-state index contributed by atoms with van der Waals surface area (Å²) in [6, 6.07) is 12.7. The van der Waals surface area contributed by atoms with E-state index >= 15 is 0 Å². The van der Waals surface area contributed by atoms with Gasteiger partial charge in [0.25, 0.3) is 0 Å². The summed E-state index contributed by atoms with van der Waals surface area (Å²) in [7, 11) is 3.14. The molecule has 3 atom stereocenters. The zero-order valence-electron chi connectivity index (χ0n) is 16.3. The van der Waals surface area contributed by atoms with Crippen LogP contribution >= 0.6 is 12.4 Å². The van der Waals surface area contributed by atoms with Crippen LogP contribution in [-0.4, -0.2) is 36.7 Å². The molecule has 0 spiro atoms. The molecular formula is C21H27ClN2O4. The number of β-amino-alcohol motifs (C(OH)–C–C–N with tert-alkyl or cyclic N) is 1. The molecule has 1 amide bonds. The number of nitrogens with zero attached hydrogens (tertiary/aromatic N) is 1. The maximum atomic E-state index is 13.1. The zero-order valence-corrected chi connectivity index (χ0v) is 17.1. The fourth-order valence-electron chi connectivity index (χ4n) is 3.65. The van der Waals surface area contributed by atoms with Crippen molar-refractivity contribution in [2.75, 3.05) is 20.8 Å². The van der Waals surface area contributed by atoms with E-state index < -0.39 is 18.1 Å². The number of hydrogen-bond acceptors (Lipinski definition) is 5. The van der Waals surface area contributed by atoms with Gasteiger partial charge in [0.2, 0.25) is 5.91 Å². The summed E-state index contributed by atoms with van der Waals surface area (Å²) in [6.45, 7) is 2.36. The van der Waals surface area contributed by atoms with Gasteiger partial charge in [-0.1, -0.05) is 37.3 Å². The number of methoxy groups -OCH3 is 2. The molecule has 2 aromatic rings. The molecule has 1 heterocycles. The summed E-state index contributed by atoms with van der Waals surface area (Å²) in [4.78, 5) is 14.7. The number of carbonyl (C=O) groups excluding carboxylic acids is 1. The number of carbonyl (C=O) groups is 1. The molecule has 152 valence electrons. The molecule has 0 radical (unpaired) electrons. The van der Waals surface area contributed by atoms with Crippen LogP contribution in [0.5, 0.6) is 11.5 Å². The van der Waals surface area contributed by atoms with Crippen LogP contribution in [0.3, 0.4) is 0 Å². The first-order chi connectivity index (χ1) is 13.0. The number of benzene rings is 2. The number of halogens is 1. The predicted molar refractivity (Wildman–Crippen MR) is 110 cm³/mol. The molecular weight excluding hydrogens is 380 g/mol. The van der Waals surface area contributed by atoms with Gasteiger partial charge in [0.1, 0.15) is 17.6 Å². The van der Waals surface area contributed by atoms with Crippen molar-refractivity contribution < 1.29 is 19.4 Å². The Labute approximate surface area is 171 Å². The minimum absolute atomic E-state index is 0. The van der Waals surface area contributed by atoms with Gasteiger partial charge in [-0.15, -0.1) is 12.4 Å². The van der Waals surface area contributed by atoms with Gasteiger partial charge in [-0.25, -0.2) is 0 Å². The monoisotopic (exact) mass is 406 g/mol. The van der Waals surface area contributed by atoms with Gasteiger partial charge in [0.15, 0.2) is 0 Å². The first-order valence-electron chi connectivity index (χ1n) is 8.99. The van der Waals surface area contributed by atoms with Crippen LogP contribution in [0.4, 0.5) is 0 Å². The topological polar surface area (TPSA) is 85.0 Å². The number of fused-ring (bicyclic) bond motifs is 1. The largest absolute Gasteiger partial charge is 0.496 e. The summed E-state index contributed by atoms with van der Waals surface area (Å²) in [5.41, 5.74) is 8.68. The van der Waals surface area contributed by atoms with Crippen LogP contribution in [0.15, 0.2) is 42.5 Å². The second-order valence-corrected chi connectivity index (χ2v) is 6.82. The molecule has 6 nitrogen and oxygen atoms in total. The SMILES string of the molecule is COc1ccc(OC)c2c1CN(C(=O)C(C)C(N)c1ccccc1)CC2O.Cl. The van der Waals surface area contributed by atoms with Crippen molar-refractivity contribution >= 4 is 18.3 Å². The van der Waals surface area contributed by atoms with Gasteiger partial charge in [-0.2, -0.15) is 0 Å². The number of hydrogen-bond donors (Lipinski definition) is 2. The normalized spacial score (nSPS) is 17.8. The average Bonchev–Trinajstić information content (AvgIpc) is 2.71. The molecule has 3 unspecified atom stereocenters. The molecule has 3 N–H and O–H groups in total. The van der Waals surface area contributed by atoms with Crippen molar-refractivity contribution in [2.45, 2.75) is 25.6 Å².